The molecule has 158 valence electrons. The van der Waals surface area contributed by atoms with Crippen LogP contribution in [0.15, 0.2) is 75.7 Å². The first-order chi connectivity index (χ1) is 14.9. The fraction of sp³-hybridized carbons (Fsp3) is 0.240. The van der Waals surface area contributed by atoms with E-state index >= 15 is 0 Å². The van der Waals surface area contributed by atoms with Gasteiger partial charge >= 0.3 is 5.97 Å². The Labute approximate surface area is 184 Å². The highest BCUT2D eigenvalue weighted by Crippen LogP contribution is 2.31. The summed E-state index contributed by atoms with van der Waals surface area (Å²) < 4.78 is 7.25. The lowest BCUT2D eigenvalue weighted by atomic mass is 9.93. The Balaban J connectivity index is 1.95. The molecule has 2 heterocycles. The van der Waals surface area contributed by atoms with Gasteiger partial charge in [-0.05, 0) is 35.6 Å². The molecule has 0 amide bonds. The van der Waals surface area contributed by atoms with Gasteiger partial charge in [0, 0.05) is 0 Å². The van der Waals surface area contributed by atoms with Crippen molar-refractivity contribution in [1.82, 2.24) is 4.57 Å². The first kappa shape index (κ1) is 21.0. The molecule has 5 nitrogen and oxygen atoms in total. The number of nitrogens with zero attached hydrogens (tertiary/aromatic N) is 2. The molecule has 0 fully saturated rings. The standard InChI is InChI=1S/C25H24N2O3S/c1-15(2)18-10-12-19(13-11-18)22-21(24(29)30-4)16(3)26-25-27(22)23(28)20(31-25)14-17-8-6-5-7-9-17/h5-15,22H,1-4H3/b20-14+/t22-/m1/s1. The number of carbonyl (C=O) groups excluding carboxylic acids is 1. The van der Waals surface area contributed by atoms with Crippen molar-refractivity contribution in [2.45, 2.75) is 32.7 Å². The van der Waals surface area contributed by atoms with E-state index in [1.54, 1.807) is 11.5 Å². The van der Waals surface area contributed by atoms with Gasteiger partial charge in [-0.25, -0.2) is 9.79 Å². The molecule has 31 heavy (non-hydrogen) atoms. The van der Waals surface area contributed by atoms with Crippen molar-refractivity contribution in [3.63, 3.8) is 0 Å². The number of aromatic nitrogens is 1. The number of benzene rings is 2. The van der Waals surface area contributed by atoms with Crippen LogP contribution < -0.4 is 14.9 Å². The van der Waals surface area contributed by atoms with Crippen molar-refractivity contribution < 1.29 is 9.53 Å². The van der Waals surface area contributed by atoms with Gasteiger partial charge in [-0.1, -0.05) is 79.8 Å². The Morgan fingerprint density at radius 1 is 1.13 bits per heavy atom. The van der Waals surface area contributed by atoms with E-state index in [-0.39, 0.29) is 5.56 Å². The van der Waals surface area contributed by atoms with Gasteiger partial charge in [0.1, 0.15) is 0 Å². The number of hydrogen-bond acceptors (Lipinski definition) is 5. The van der Waals surface area contributed by atoms with E-state index < -0.39 is 12.0 Å². The lowest BCUT2D eigenvalue weighted by Crippen LogP contribution is -2.39. The average molecular weight is 433 g/mol. The monoisotopic (exact) mass is 432 g/mol. The molecule has 6 heteroatoms. The van der Waals surface area contributed by atoms with Crippen molar-refractivity contribution in [3.05, 3.63) is 102 Å². The van der Waals surface area contributed by atoms with Gasteiger partial charge in [-0.15, -0.1) is 0 Å². The van der Waals surface area contributed by atoms with E-state index in [4.69, 9.17) is 4.74 Å². The third-order valence-electron chi connectivity index (χ3n) is 5.44. The van der Waals surface area contributed by atoms with Crippen molar-refractivity contribution in [2.24, 2.45) is 4.99 Å². The molecule has 1 aromatic heterocycles. The average Bonchev–Trinajstić information content (AvgIpc) is 3.07. The van der Waals surface area contributed by atoms with Crippen LogP contribution in [0.1, 0.15) is 49.4 Å². The van der Waals surface area contributed by atoms with Crippen LogP contribution in [0.4, 0.5) is 0 Å². The van der Waals surface area contributed by atoms with Gasteiger partial charge in [0.05, 0.1) is 29.0 Å². The maximum absolute atomic E-state index is 13.4. The Morgan fingerprint density at radius 2 is 1.81 bits per heavy atom. The zero-order chi connectivity index (χ0) is 22.1. The molecule has 0 N–H and O–H groups in total. The number of carbonyl (C=O) groups is 1. The van der Waals surface area contributed by atoms with Crippen LogP contribution in [0.5, 0.6) is 0 Å². The number of methoxy groups -OCH3 is 1. The predicted molar refractivity (Wildman–Crippen MR) is 123 cm³/mol. The maximum Gasteiger partial charge on any atom is 0.338 e. The van der Waals surface area contributed by atoms with E-state index in [1.807, 2.05) is 60.7 Å². The molecular formula is C25H24N2O3S. The molecule has 3 aromatic rings. The highest BCUT2D eigenvalue weighted by Gasteiger charge is 2.33. The second-order valence-electron chi connectivity index (χ2n) is 7.81. The van der Waals surface area contributed by atoms with Gasteiger partial charge in [0.15, 0.2) is 4.80 Å². The summed E-state index contributed by atoms with van der Waals surface area (Å²) in [6, 6.07) is 17.2. The summed E-state index contributed by atoms with van der Waals surface area (Å²) in [4.78, 5) is 31.3. The van der Waals surface area contributed by atoms with Gasteiger partial charge in [0.2, 0.25) is 0 Å². The molecule has 1 aliphatic heterocycles. The lowest BCUT2D eigenvalue weighted by Gasteiger charge is -2.24. The topological polar surface area (TPSA) is 60.7 Å². The number of hydrogen-bond donors (Lipinski definition) is 0. The third-order valence-corrected chi connectivity index (χ3v) is 6.43. The maximum atomic E-state index is 13.4. The van der Waals surface area contributed by atoms with Crippen molar-refractivity contribution >= 4 is 23.4 Å². The molecule has 0 saturated carbocycles. The predicted octanol–water partition coefficient (Wildman–Crippen LogP) is 3.53. The molecule has 1 aliphatic rings. The number of fused-ring (bicyclic) bond motifs is 1. The van der Waals surface area contributed by atoms with Gasteiger partial charge in [0.25, 0.3) is 5.56 Å². The molecule has 0 bridgehead atoms. The summed E-state index contributed by atoms with van der Waals surface area (Å²) in [5.74, 6) is -0.0872. The summed E-state index contributed by atoms with van der Waals surface area (Å²) >= 11 is 1.33. The SMILES string of the molecule is COC(=O)C1=C(C)N=c2s/c(=C/c3ccccc3)c(=O)n2[C@@H]1c1ccc(C(C)C)cc1. The summed E-state index contributed by atoms with van der Waals surface area (Å²) in [6.07, 6.45) is 1.86. The highest BCUT2D eigenvalue weighted by molar-refractivity contribution is 7.07. The minimum absolute atomic E-state index is 0.167. The second-order valence-corrected chi connectivity index (χ2v) is 8.81. The zero-order valence-electron chi connectivity index (χ0n) is 18.0. The molecule has 0 saturated heterocycles. The smallest absolute Gasteiger partial charge is 0.338 e. The van der Waals surface area contributed by atoms with Gasteiger partial charge < -0.3 is 4.74 Å². The van der Waals surface area contributed by atoms with Crippen LogP contribution in [-0.2, 0) is 9.53 Å². The Bertz CT molecular complexity index is 1330. The summed E-state index contributed by atoms with van der Waals surface area (Å²) in [6.45, 7) is 6.05. The van der Waals surface area contributed by atoms with Crippen molar-refractivity contribution in [2.75, 3.05) is 7.11 Å². The number of rotatable bonds is 4. The van der Waals surface area contributed by atoms with E-state index in [0.29, 0.717) is 26.5 Å². The van der Waals surface area contributed by atoms with Crippen molar-refractivity contribution in [1.29, 1.82) is 0 Å². The van der Waals surface area contributed by atoms with Crippen molar-refractivity contribution in [3.8, 4) is 0 Å². The number of esters is 1. The molecule has 0 spiro atoms. The fourth-order valence-electron chi connectivity index (χ4n) is 3.77. The minimum atomic E-state index is -0.581. The normalized spacial score (nSPS) is 16.3. The van der Waals surface area contributed by atoms with E-state index in [2.05, 4.69) is 18.8 Å². The van der Waals surface area contributed by atoms with E-state index in [9.17, 15) is 9.59 Å². The first-order valence-corrected chi connectivity index (χ1v) is 11.0. The van der Waals surface area contributed by atoms with Crippen LogP contribution in [0, 0.1) is 0 Å². The minimum Gasteiger partial charge on any atom is -0.466 e. The molecular weight excluding hydrogens is 408 g/mol. The van der Waals surface area contributed by atoms with Crippen LogP contribution in [0.25, 0.3) is 6.08 Å². The third kappa shape index (κ3) is 3.91. The highest BCUT2D eigenvalue weighted by atomic mass is 32.1. The van der Waals surface area contributed by atoms with Gasteiger partial charge in [-0.2, -0.15) is 0 Å². The Hall–Kier alpha value is -3.25. The fourth-order valence-corrected chi connectivity index (χ4v) is 4.82. The number of thiazole rings is 1. The van der Waals surface area contributed by atoms with Crippen LogP contribution in [-0.4, -0.2) is 17.6 Å². The molecule has 1 atom stereocenters. The lowest BCUT2D eigenvalue weighted by molar-refractivity contribution is -0.136. The number of ether oxygens (including phenoxy) is 1. The first-order valence-electron chi connectivity index (χ1n) is 10.2. The van der Waals surface area contributed by atoms with Crippen LogP contribution in [0.3, 0.4) is 0 Å². The van der Waals surface area contributed by atoms with Crippen LogP contribution >= 0.6 is 11.3 Å². The van der Waals surface area contributed by atoms with E-state index in [0.717, 1.165) is 11.1 Å². The van der Waals surface area contributed by atoms with Crippen LogP contribution in [0.2, 0.25) is 0 Å². The second kappa shape index (κ2) is 8.47. The quantitative estimate of drug-likeness (QED) is 0.593. The molecule has 0 aliphatic carbocycles. The molecule has 2 aromatic carbocycles. The summed E-state index contributed by atoms with van der Waals surface area (Å²) in [5.41, 5.74) is 3.77. The van der Waals surface area contributed by atoms with Gasteiger partial charge in [-0.3, -0.25) is 9.36 Å². The summed E-state index contributed by atoms with van der Waals surface area (Å²) in [5, 5.41) is 0. The Morgan fingerprint density at radius 3 is 2.42 bits per heavy atom. The largest absolute Gasteiger partial charge is 0.466 e. The zero-order valence-corrected chi connectivity index (χ0v) is 18.8. The molecule has 0 unspecified atom stereocenters. The number of allylic oxidation sites excluding steroid dienone is 1. The van der Waals surface area contributed by atoms with E-state index in [1.165, 1.54) is 24.0 Å². The summed E-state index contributed by atoms with van der Waals surface area (Å²) in [7, 11) is 1.35. The molecule has 4 rings (SSSR count). The molecule has 0 radical (unpaired) electrons. The Kier molecular flexibility index (Phi) is 5.74.